The minimum absolute atomic E-state index is 0.0696. The molecule has 0 fully saturated rings. The highest BCUT2D eigenvalue weighted by Gasteiger charge is 2.30. The lowest BCUT2D eigenvalue weighted by atomic mass is 10.1. The third kappa shape index (κ3) is 4.53. The second-order valence-electron chi connectivity index (χ2n) is 6.93. The van der Waals surface area contributed by atoms with Gasteiger partial charge >= 0.3 is 6.18 Å². The second-order valence-corrected chi connectivity index (χ2v) is 6.93. The van der Waals surface area contributed by atoms with Gasteiger partial charge in [0.1, 0.15) is 11.4 Å². The van der Waals surface area contributed by atoms with Crippen molar-refractivity contribution in [2.24, 2.45) is 0 Å². The fraction of sp³-hybridized carbons (Fsp3) is 0.130. The Bertz CT molecular complexity index is 1200. The fourth-order valence-electron chi connectivity index (χ4n) is 3.23. The zero-order valence-corrected chi connectivity index (χ0v) is 16.5. The van der Waals surface area contributed by atoms with Crippen LogP contribution < -0.4 is 10.1 Å². The zero-order valence-electron chi connectivity index (χ0n) is 16.5. The summed E-state index contributed by atoms with van der Waals surface area (Å²) in [6.45, 7) is 0. The molecular weight excluding hydrogens is 407 g/mol. The molecular formula is C23H18F3N3O2. The van der Waals surface area contributed by atoms with Crippen molar-refractivity contribution < 1.29 is 22.7 Å². The summed E-state index contributed by atoms with van der Waals surface area (Å²) in [7, 11) is 1.49. The maximum atomic E-state index is 12.7. The van der Waals surface area contributed by atoms with Crippen LogP contribution in [-0.4, -0.2) is 22.4 Å². The number of nitrogens with zero attached hydrogens (tertiary/aromatic N) is 2. The maximum Gasteiger partial charge on any atom is 0.416 e. The molecule has 2 aromatic heterocycles. The van der Waals surface area contributed by atoms with E-state index in [1.165, 1.54) is 19.2 Å². The molecule has 0 bridgehead atoms. The van der Waals surface area contributed by atoms with Crippen molar-refractivity contribution in [3.63, 3.8) is 0 Å². The van der Waals surface area contributed by atoms with Crippen LogP contribution in [0.2, 0.25) is 0 Å². The van der Waals surface area contributed by atoms with Gasteiger partial charge in [0, 0.05) is 18.0 Å². The topological polar surface area (TPSA) is 55.6 Å². The molecule has 5 nitrogen and oxygen atoms in total. The largest absolute Gasteiger partial charge is 0.495 e. The highest BCUT2D eigenvalue weighted by Crippen LogP contribution is 2.31. The number of halogens is 3. The molecule has 0 saturated carbocycles. The van der Waals surface area contributed by atoms with Gasteiger partial charge in [-0.3, -0.25) is 4.79 Å². The summed E-state index contributed by atoms with van der Waals surface area (Å²) in [6, 6.07) is 15.5. The number of fused-ring (bicyclic) bond motifs is 1. The van der Waals surface area contributed by atoms with Gasteiger partial charge in [0.25, 0.3) is 0 Å². The van der Waals surface area contributed by atoms with E-state index in [2.05, 4.69) is 10.3 Å². The highest BCUT2D eigenvalue weighted by atomic mass is 19.4. The molecule has 2 heterocycles. The number of imidazole rings is 1. The van der Waals surface area contributed by atoms with Crippen LogP contribution in [-0.2, 0) is 17.4 Å². The van der Waals surface area contributed by atoms with Crippen molar-refractivity contribution >= 4 is 17.2 Å². The molecule has 0 atom stereocenters. The lowest BCUT2D eigenvalue weighted by Gasteiger charge is -2.12. The molecule has 0 spiro atoms. The van der Waals surface area contributed by atoms with Crippen molar-refractivity contribution in [1.29, 1.82) is 0 Å². The molecule has 2 aromatic carbocycles. The number of hydrogen-bond acceptors (Lipinski definition) is 3. The number of carbonyl (C=O) groups excluding carboxylic acids is 1. The Balaban J connectivity index is 1.54. The summed E-state index contributed by atoms with van der Waals surface area (Å²) >= 11 is 0. The number of hydrogen-bond donors (Lipinski definition) is 1. The number of amides is 1. The van der Waals surface area contributed by atoms with Gasteiger partial charge in [0.2, 0.25) is 5.91 Å². The number of rotatable bonds is 5. The fourth-order valence-corrected chi connectivity index (χ4v) is 3.23. The van der Waals surface area contributed by atoms with Gasteiger partial charge < -0.3 is 14.5 Å². The molecule has 0 radical (unpaired) electrons. The minimum Gasteiger partial charge on any atom is -0.495 e. The monoisotopic (exact) mass is 425 g/mol. The lowest BCUT2D eigenvalue weighted by Crippen LogP contribution is -2.15. The minimum atomic E-state index is -4.41. The number of anilines is 1. The number of aromatic nitrogens is 2. The van der Waals surface area contributed by atoms with Crippen molar-refractivity contribution in [1.82, 2.24) is 9.38 Å². The first-order valence-electron chi connectivity index (χ1n) is 9.41. The zero-order chi connectivity index (χ0) is 22.0. The third-order valence-electron chi connectivity index (χ3n) is 4.78. The Labute approximate surface area is 176 Å². The van der Waals surface area contributed by atoms with Gasteiger partial charge in [-0.25, -0.2) is 4.98 Å². The number of pyridine rings is 1. The van der Waals surface area contributed by atoms with E-state index >= 15 is 0 Å². The van der Waals surface area contributed by atoms with E-state index in [0.717, 1.165) is 29.0 Å². The van der Waals surface area contributed by atoms with E-state index in [1.54, 1.807) is 12.1 Å². The van der Waals surface area contributed by atoms with Crippen LogP contribution in [0, 0.1) is 0 Å². The number of carbonyl (C=O) groups is 1. The molecule has 4 aromatic rings. The van der Waals surface area contributed by atoms with E-state index in [-0.39, 0.29) is 12.3 Å². The molecule has 1 amide bonds. The van der Waals surface area contributed by atoms with Crippen LogP contribution in [0.3, 0.4) is 0 Å². The molecule has 158 valence electrons. The quantitative estimate of drug-likeness (QED) is 0.478. The normalized spacial score (nSPS) is 11.5. The van der Waals surface area contributed by atoms with Gasteiger partial charge in [-0.2, -0.15) is 13.2 Å². The molecule has 0 unspecified atom stereocenters. The van der Waals surface area contributed by atoms with Gasteiger partial charge in [-0.1, -0.05) is 18.2 Å². The number of alkyl halides is 3. The first kappa shape index (κ1) is 20.5. The lowest BCUT2D eigenvalue weighted by molar-refractivity contribution is -0.137. The standard InChI is InChI=1S/C23H18F3N3O2/c1-31-20-10-7-16(19-14-29-11-3-2-4-21(29)27-19)13-18(20)28-22(30)12-15-5-8-17(9-6-15)23(24,25)26/h2-11,13-14H,12H2,1H3,(H,28,30). The van der Waals surface area contributed by atoms with Crippen LogP contribution in [0.15, 0.2) is 73.1 Å². The second kappa shape index (κ2) is 8.14. The van der Waals surface area contributed by atoms with Crippen LogP contribution in [0.25, 0.3) is 16.9 Å². The molecule has 1 N–H and O–H groups in total. The maximum absolute atomic E-state index is 12.7. The van der Waals surface area contributed by atoms with Gasteiger partial charge in [0.15, 0.2) is 0 Å². The number of methoxy groups -OCH3 is 1. The molecule has 8 heteroatoms. The highest BCUT2D eigenvalue weighted by molar-refractivity contribution is 5.94. The summed E-state index contributed by atoms with van der Waals surface area (Å²) in [5.41, 5.74) is 2.48. The van der Waals surface area contributed by atoms with Crippen LogP contribution >= 0.6 is 0 Å². The molecule has 0 aliphatic rings. The summed E-state index contributed by atoms with van der Waals surface area (Å²) in [6.07, 6.45) is -0.709. The molecule has 31 heavy (non-hydrogen) atoms. The molecule has 0 aliphatic carbocycles. The Morgan fingerprint density at radius 1 is 1.10 bits per heavy atom. The van der Waals surface area contributed by atoms with E-state index in [4.69, 9.17) is 4.74 Å². The van der Waals surface area contributed by atoms with Crippen LogP contribution in [0.5, 0.6) is 5.75 Å². The number of benzene rings is 2. The number of nitrogens with one attached hydrogen (secondary N) is 1. The predicted octanol–water partition coefficient (Wildman–Crippen LogP) is 5.21. The van der Waals surface area contributed by atoms with E-state index in [9.17, 15) is 18.0 Å². The van der Waals surface area contributed by atoms with Gasteiger partial charge in [-0.05, 0) is 48.0 Å². The third-order valence-corrected chi connectivity index (χ3v) is 4.78. The molecule has 0 saturated heterocycles. The first-order chi connectivity index (χ1) is 14.8. The Morgan fingerprint density at radius 2 is 1.87 bits per heavy atom. The van der Waals surface area contributed by atoms with Crippen LogP contribution in [0.4, 0.5) is 18.9 Å². The average Bonchev–Trinajstić information content (AvgIpc) is 3.18. The van der Waals surface area contributed by atoms with Gasteiger partial charge in [-0.15, -0.1) is 0 Å². The Kier molecular flexibility index (Phi) is 5.37. The summed E-state index contributed by atoms with van der Waals surface area (Å²) < 4.78 is 45.3. The molecule has 0 aliphatic heterocycles. The summed E-state index contributed by atoms with van der Waals surface area (Å²) in [4.78, 5) is 17.1. The van der Waals surface area contributed by atoms with Crippen molar-refractivity contribution in [3.8, 4) is 17.0 Å². The first-order valence-corrected chi connectivity index (χ1v) is 9.41. The van der Waals surface area contributed by atoms with Crippen molar-refractivity contribution in [3.05, 3.63) is 84.2 Å². The average molecular weight is 425 g/mol. The SMILES string of the molecule is COc1ccc(-c2cn3ccccc3n2)cc1NC(=O)Cc1ccc(C(F)(F)F)cc1. The van der Waals surface area contributed by atoms with Crippen molar-refractivity contribution in [2.75, 3.05) is 12.4 Å². The Hall–Kier alpha value is -3.81. The van der Waals surface area contributed by atoms with Crippen molar-refractivity contribution in [2.45, 2.75) is 12.6 Å². The van der Waals surface area contributed by atoms with E-state index < -0.39 is 11.7 Å². The molecule has 4 rings (SSSR count). The predicted molar refractivity (Wildman–Crippen MR) is 111 cm³/mol. The smallest absolute Gasteiger partial charge is 0.416 e. The number of ether oxygens (including phenoxy) is 1. The Morgan fingerprint density at radius 3 is 2.55 bits per heavy atom. The van der Waals surface area contributed by atoms with E-state index in [1.807, 2.05) is 41.1 Å². The summed E-state index contributed by atoms with van der Waals surface area (Å²) in [5, 5.41) is 2.78. The van der Waals surface area contributed by atoms with Crippen LogP contribution in [0.1, 0.15) is 11.1 Å². The van der Waals surface area contributed by atoms with E-state index in [0.29, 0.717) is 17.0 Å². The van der Waals surface area contributed by atoms with Gasteiger partial charge in [0.05, 0.1) is 30.5 Å². The summed E-state index contributed by atoms with van der Waals surface area (Å²) in [5.74, 6) is 0.0958.